The molecule has 2 atom stereocenters. The Hall–Kier alpha value is -9.51. The van der Waals surface area contributed by atoms with Gasteiger partial charge in [-0.2, -0.15) is 4.99 Å². The molecule has 10 aromatic carbocycles. The van der Waals surface area contributed by atoms with E-state index in [4.69, 9.17) is 9.98 Å². The summed E-state index contributed by atoms with van der Waals surface area (Å²) in [4.78, 5) is 18.1. The van der Waals surface area contributed by atoms with E-state index in [-0.39, 0.29) is 12.0 Å². The maximum atomic E-state index is 5.54. The Balaban J connectivity index is 1.21. The van der Waals surface area contributed by atoms with Gasteiger partial charge >= 0.3 is 0 Å². The van der Waals surface area contributed by atoms with Crippen molar-refractivity contribution in [2.75, 3.05) is 4.90 Å². The normalized spacial score (nSPS) is 16.0. The second kappa shape index (κ2) is 18.9. The molecule has 350 valence electrons. The topological polar surface area (TPSA) is 40.3 Å². The van der Waals surface area contributed by atoms with Crippen LogP contribution in [0.5, 0.6) is 0 Å². The van der Waals surface area contributed by atoms with Gasteiger partial charge in [0.05, 0.1) is 22.8 Å². The van der Waals surface area contributed by atoms with Crippen LogP contribution in [0, 0.1) is 0 Å². The number of fused-ring (bicyclic) bond motifs is 7. The zero-order valence-electron chi connectivity index (χ0n) is 40.7. The lowest BCUT2D eigenvalue weighted by molar-refractivity contribution is 0.745. The van der Waals surface area contributed by atoms with E-state index < -0.39 is 5.41 Å². The maximum absolute atomic E-state index is 5.54. The third-order valence-corrected chi connectivity index (χ3v) is 15.0. The number of guanidine groups is 1. The number of allylic oxidation sites excluding steroid dienone is 2. The Labute approximate surface area is 433 Å². The first-order chi connectivity index (χ1) is 36.7. The molecule has 0 bridgehead atoms. The Morgan fingerprint density at radius 1 is 0.432 bits per heavy atom. The number of aliphatic imine (C=N–C) groups is 3. The monoisotopic (exact) mass is 946 g/mol. The molecule has 2 unspecified atom stereocenters. The molecule has 3 aliphatic rings. The van der Waals surface area contributed by atoms with Gasteiger partial charge in [-0.25, -0.2) is 9.98 Å². The number of anilines is 1. The fourth-order valence-electron chi connectivity index (χ4n) is 11.7. The van der Waals surface area contributed by atoms with E-state index in [1.54, 1.807) is 0 Å². The number of hydrogen-bond donors (Lipinski definition) is 0. The van der Waals surface area contributed by atoms with Gasteiger partial charge in [-0.3, -0.25) is 0 Å². The third kappa shape index (κ3) is 7.67. The summed E-state index contributed by atoms with van der Waals surface area (Å²) < 4.78 is 0. The number of amidine groups is 1. The molecule has 0 saturated heterocycles. The van der Waals surface area contributed by atoms with Gasteiger partial charge in [-0.1, -0.05) is 231 Å². The predicted octanol–water partition coefficient (Wildman–Crippen LogP) is 17.0. The number of hydrogen-bond acceptors (Lipinski definition) is 1. The molecular formula is C70H50N4. The van der Waals surface area contributed by atoms with E-state index in [0.717, 1.165) is 72.6 Å². The van der Waals surface area contributed by atoms with Crippen molar-refractivity contribution in [2.45, 2.75) is 17.4 Å². The highest BCUT2D eigenvalue weighted by atomic mass is 15.3. The molecule has 4 nitrogen and oxygen atoms in total. The summed E-state index contributed by atoms with van der Waals surface area (Å²) in [6, 6.07) is 91.8. The molecule has 74 heavy (non-hydrogen) atoms. The van der Waals surface area contributed by atoms with Crippen LogP contribution in [0.3, 0.4) is 0 Å². The van der Waals surface area contributed by atoms with Crippen molar-refractivity contribution < 1.29 is 0 Å². The molecule has 0 saturated carbocycles. The van der Waals surface area contributed by atoms with Gasteiger partial charge in [0.1, 0.15) is 0 Å². The van der Waals surface area contributed by atoms with Crippen LogP contribution in [0.1, 0.15) is 39.3 Å². The number of rotatable bonds is 8. The van der Waals surface area contributed by atoms with E-state index in [1.807, 2.05) is 60.7 Å². The summed E-state index contributed by atoms with van der Waals surface area (Å²) in [5, 5.41) is 0. The molecule has 4 heteroatoms. The first-order valence-corrected chi connectivity index (χ1v) is 25.3. The van der Waals surface area contributed by atoms with Gasteiger partial charge in [-0.15, -0.1) is 0 Å². The summed E-state index contributed by atoms with van der Waals surface area (Å²) in [7, 11) is 0. The van der Waals surface area contributed by atoms with Gasteiger partial charge in [0.2, 0.25) is 5.96 Å². The molecule has 0 aromatic heterocycles. The Morgan fingerprint density at radius 3 is 1.41 bits per heavy atom. The van der Waals surface area contributed by atoms with E-state index in [1.165, 1.54) is 27.8 Å². The summed E-state index contributed by atoms with van der Waals surface area (Å²) in [6.07, 6.45) is 9.02. The molecule has 1 heterocycles. The van der Waals surface area contributed by atoms with Crippen molar-refractivity contribution in [1.82, 2.24) is 0 Å². The minimum absolute atomic E-state index is 0.0131. The minimum atomic E-state index is -0.917. The zero-order valence-corrected chi connectivity index (χ0v) is 40.7. The average Bonchev–Trinajstić information content (AvgIpc) is 4.14. The zero-order chi connectivity index (χ0) is 49.4. The average molecular weight is 947 g/mol. The first-order valence-electron chi connectivity index (χ1n) is 25.3. The molecule has 0 N–H and O–H groups in total. The molecule has 13 rings (SSSR count). The Morgan fingerprint density at radius 2 is 0.892 bits per heavy atom. The van der Waals surface area contributed by atoms with Crippen molar-refractivity contribution >= 4 is 29.9 Å². The summed E-state index contributed by atoms with van der Waals surface area (Å²) in [5.74, 6) is 1.01. The van der Waals surface area contributed by atoms with Crippen LogP contribution in [-0.4, -0.2) is 24.6 Å². The fourth-order valence-corrected chi connectivity index (χ4v) is 11.7. The van der Waals surface area contributed by atoms with E-state index in [2.05, 4.69) is 235 Å². The molecular weight excluding hydrogens is 897 g/mol. The highest BCUT2D eigenvalue weighted by Gasteiger charge is 2.53. The smallest absolute Gasteiger partial charge is 0.233 e. The van der Waals surface area contributed by atoms with Crippen LogP contribution in [-0.2, 0) is 5.41 Å². The second-order valence-corrected chi connectivity index (χ2v) is 19.1. The van der Waals surface area contributed by atoms with E-state index in [0.29, 0.717) is 11.8 Å². The lowest BCUT2D eigenvalue weighted by Gasteiger charge is -2.38. The van der Waals surface area contributed by atoms with Crippen molar-refractivity contribution in [3.8, 4) is 55.6 Å². The highest BCUT2D eigenvalue weighted by molar-refractivity contribution is 6.14. The van der Waals surface area contributed by atoms with Gasteiger partial charge in [0.25, 0.3) is 0 Å². The molecule has 10 aromatic rings. The van der Waals surface area contributed by atoms with Crippen LogP contribution in [0.15, 0.2) is 294 Å². The molecule has 0 fully saturated rings. The van der Waals surface area contributed by atoms with Crippen LogP contribution in [0.25, 0.3) is 55.6 Å². The maximum Gasteiger partial charge on any atom is 0.233 e. The molecule has 0 radical (unpaired) electrons. The Kier molecular flexibility index (Phi) is 11.4. The summed E-state index contributed by atoms with van der Waals surface area (Å²) in [5.41, 5.74) is 19.2. The standard InChI is InChI=1S/C70H50N4/c1-71-68(52-32-16-6-17-33-52)73-69(72-59-34-18-7-19-35-59)74-65-39-23-21-37-61(65)63-41-40-62-60-36-20-22-38-64(60)70(66(62)67(63)74,57-44-53(48-24-8-2-9-25-48)42-54(45-57)49-26-10-3-11-27-49)58-46-55(50-28-12-4-13-29-50)43-56(47-58)51-30-14-5-15-31-51/h2-47,61,65H,1H2/b72-69+,73-68-. The summed E-state index contributed by atoms with van der Waals surface area (Å²) in [6.45, 7) is 4.09. The van der Waals surface area contributed by atoms with Gasteiger partial charge in [-0.05, 0) is 133 Å². The van der Waals surface area contributed by atoms with Crippen molar-refractivity contribution in [2.24, 2.45) is 15.0 Å². The third-order valence-electron chi connectivity index (χ3n) is 15.0. The van der Waals surface area contributed by atoms with E-state index in [9.17, 15) is 0 Å². The number of nitrogens with zero attached hydrogens (tertiary/aromatic N) is 4. The number of benzene rings is 10. The lowest BCUT2D eigenvalue weighted by Crippen LogP contribution is -2.40. The first kappa shape index (κ1) is 44.4. The largest absolute Gasteiger partial charge is 0.302 e. The van der Waals surface area contributed by atoms with Crippen LogP contribution >= 0.6 is 0 Å². The fraction of sp³-hybridized carbons (Fsp3) is 0.0429. The van der Waals surface area contributed by atoms with E-state index >= 15 is 0 Å². The SMILES string of the molecule is C=N/C(=N\C(=N/c1ccccc1)N1c2c(ccc3c2C(c2cc(-c4ccccc4)cc(-c4ccccc4)c2)(c2cc(-c4ccccc4)cc(-c4ccccc4)c2)c2ccccc2-3)C2C=CC=CC21)c1ccccc1. The second-order valence-electron chi connectivity index (χ2n) is 19.1. The van der Waals surface area contributed by atoms with Crippen LogP contribution < -0.4 is 4.90 Å². The molecule has 1 aliphatic heterocycles. The van der Waals surface area contributed by atoms with Crippen molar-refractivity contribution in [3.63, 3.8) is 0 Å². The molecule has 2 aliphatic carbocycles. The van der Waals surface area contributed by atoms with Gasteiger partial charge in [0.15, 0.2) is 5.84 Å². The van der Waals surface area contributed by atoms with Gasteiger partial charge < -0.3 is 4.90 Å². The van der Waals surface area contributed by atoms with Crippen molar-refractivity contribution in [3.05, 3.63) is 312 Å². The minimum Gasteiger partial charge on any atom is -0.302 e. The molecule has 0 amide bonds. The quantitative estimate of drug-likeness (QED) is 0.111. The highest BCUT2D eigenvalue weighted by Crippen LogP contribution is 2.63. The number of para-hydroxylation sites is 1. The summed E-state index contributed by atoms with van der Waals surface area (Å²) >= 11 is 0. The Bertz CT molecular complexity index is 3600. The van der Waals surface area contributed by atoms with Gasteiger partial charge in [0, 0.05) is 17.0 Å². The van der Waals surface area contributed by atoms with Crippen molar-refractivity contribution in [1.29, 1.82) is 0 Å². The molecule has 0 spiro atoms. The van der Waals surface area contributed by atoms with Crippen LogP contribution in [0.4, 0.5) is 11.4 Å². The lowest BCUT2D eigenvalue weighted by atomic mass is 9.65. The predicted molar refractivity (Wildman–Crippen MR) is 309 cm³/mol. The van der Waals surface area contributed by atoms with Crippen LogP contribution in [0.2, 0.25) is 0 Å².